The summed E-state index contributed by atoms with van der Waals surface area (Å²) in [5.74, 6) is 0.0288. The molecule has 0 fully saturated rings. The van der Waals surface area contributed by atoms with Gasteiger partial charge in [0.25, 0.3) is 0 Å². The molecule has 17 heavy (non-hydrogen) atoms. The highest BCUT2D eigenvalue weighted by molar-refractivity contribution is 5.36. The zero-order valence-electron chi connectivity index (χ0n) is 9.58. The third-order valence-corrected chi connectivity index (χ3v) is 3.47. The summed E-state index contributed by atoms with van der Waals surface area (Å²) < 4.78 is 0. The zero-order chi connectivity index (χ0) is 11.7. The molecule has 0 bridgehead atoms. The summed E-state index contributed by atoms with van der Waals surface area (Å²) in [5, 5.41) is 10.2. The lowest BCUT2D eigenvalue weighted by Gasteiger charge is -2.29. The van der Waals surface area contributed by atoms with E-state index in [4.69, 9.17) is 0 Å². The van der Waals surface area contributed by atoms with E-state index in [9.17, 15) is 5.11 Å². The lowest BCUT2D eigenvalue weighted by atomic mass is 9.80. The number of hydrogen-bond donors (Lipinski definition) is 1. The van der Waals surface area contributed by atoms with Crippen LogP contribution in [0.1, 0.15) is 29.2 Å². The minimum atomic E-state index is -0.320. The fourth-order valence-corrected chi connectivity index (χ4v) is 2.63. The van der Waals surface area contributed by atoms with Gasteiger partial charge in [0.1, 0.15) is 0 Å². The summed E-state index contributed by atoms with van der Waals surface area (Å²) in [7, 11) is 0. The normalized spacial score (nSPS) is 23.1. The topological polar surface area (TPSA) is 33.1 Å². The molecule has 0 aliphatic heterocycles. The molecule has 2 heteroatoms. The van der Waals surface area contributed by atoms with Crippen molar-refractivity contribution in [3.05, 3.63) is 65.5 Å². The predicted octanol–water partition coefficient (Wildman–Crippen LogP) is 2.52. The zero-order valence-corrected chi connectivity index (χ0v) is 9.58. The molecule has 0 radical (unpaired) electrons. The van der Waals surface area contributed by atoms with E-state index < -0.39 is 0 Å². The van der Waals surface area contributed by atoms with Crippen molar-refractivity contribution in [3.8, 4) is 0 Å². The number of fused-ring (bicyclic) bond motifs is 1. The van der Waals surface area contributed by atoms with E-state index in [2.05, 4.69) is 23.2 Å². The summed E-state index contributed by atoms with van der Waals surface area (Å²) in [6, 6.07) is 14.2. The molecule has 2 unspecified atom stereocenters. The molecule has 0 saturated heterocycles. The Morgan fingerprint density at radius 3 is 2.71 bits per heavy atom. The van der Waals surface area contributed by atoms with E-state index in [1.54, 1.807) is 0 Å². The van der Waals surface area contributed by atoms with Gasteiger partial charge in [-0.1, -0.05) is 36.4 Å². The molecule has 1 aromatic carbocycles. The Hall–Kier alpha value is -1.67. The van der Waals surface area contributed by atoms with Crippen molar-refractivity contribution < 1.29 is 5.11 Å². The molecular weight excluding hydrogens is 210 g/mol. The van der Waals surface area contributed by atoms with Crippen LogP contribution in [-0.2, 0) is 6.42 Å². The Kier molecular flexibility index (Phi) is 2.65. The van der Waals surface area contributed by atoms with E-state index in [0.29, 0.717) is 0 Å². The van der Waals surface area contributed by atoms with Crippen LogP contribution in [0.5, 0.6) is 0 Å². The third-order valence-electron chi connectivity index (χ3n) is 3.47. The number of aliphatic hydroxyl groups excluding tert-OH is 1. The second-order valence-electron chi connectivity index (χ2n) is 4.54. The number of pyridine rings is 1. The first-order valence-electron chi connectivity index (χ1n) is 6.03. The van der Waals surface area contributed by atoms with Gasteiger partial charge in [-0.2, -0.15) is 0 Å². The fourth-order valence-electron chi connectivity index (χ4n) is 2.63. The maximum atomic E-state index is 10.2. The third kappa shape index (κ3) is 1.85. The molecule has 2 atom stereocenters. The first-order valence-corrected chi connectivity index (χ1v) is 6.03. The molecule has 1 aliphatic rings. The van der Waals surface area contributed by atoms with Crippen molar-refractivity contribution in [2.75, 3.05) is 0 Å². The van der Waals surface area contributed by atoms with Gasteiger partial charge in [0.05, 0.1) is 17.7 Å². The minimum Gasteiger partial charge on any atom is -0.392 e. The van der Waals surface area contributed by atoms with Crippen molar-refractivity contribution in [3.63, 3.8) is 0 Å². The monoisotopic (exact) mass is 225 g/mol. The smallest absolute Gasteiger partial charge is 0.0667 e. The van der Waals surface area contributed by atoms with Gasteiger partial charge < -0.3 is 5.11 Å². The summed E-state index contributed by atoms with van der Waals surface area (Å²) in [5.41, 5.74) is 3.46. The van der Waals surface area contributed by atoms with Crippen LogP contribution in [0.4, 0.5) is 0 Å². The van der Waals surface area contributed by atoms with Crippen LogP contribution >= 0.6 is 0 Å². The maximum Gasteiger partial charge on any atom is 0.0667 e. The highest BCUT2D eigenvalue weighted by Crippen LogP contribution is 2.35. The Balaban J connectivity index is 2.10. The molecule has 2 nitrogen and oxygen atoms in total. The number of aliphatic hydroxyl groups is 1. The average Bonchev–Trinajstić information content (AvgIpc) is 2.39. The van der Waals surface area contributed by atoms with Crippen LogP contribution in [0.3, 0.4) is 0 Å². The first kappa shape index (κ1) is 10.5. The van der Waals surface area contributed by atoms with Gasteiger partial charge in [0.15, 0.2) is 0 Å². The largest absolute Gasteiger partial charge is 0.392 e. The van der Waals surface area contributed by atoms with Crippen molar-refractivity contribution in [2.45, 2.75) is 24.9 Å². The summed E-state index contributed by atoms with van der Waals surface area (Å²) >= 11 is 0. The Bertz CT molecular complexity index is 509. The van der Waals surface area contributed by atoms with Gasteiger partial charge in [-0.05, 0) is 30.0 Å². The van der Waals surface area contributed by atoms with E-state index in [-0.39, 0.29) is 12.0 Å². The fraction of sp³-hybridized carbons (Fsp3) is 0.267. The summed E-state index contributed by atoms with van der Waals surface area (Å²) in [4.78, 5) is 4.47. The Morgan fingerprint density at radius 2 is 1.88 bits per heavy atom. The number of nitrogens with zero attached hydrogens (tertiary/aromatic N) is 1. The van der Waals surface area contributed by atoms with Gasteiger partial charge >= 0.3 is 0 Å². The van der Waals surface area contributed by atoms with Crippen LogP contribution < -0.4 is 0 Å². The van der Waals surface area contributed by atoms with Crippen LogP contribution in [0.15, 0.2) is 48.7 Å². The molecule has 1 heterocycles. The molecule has 1 aliphatic carbocycles. The molecule has 2 aromatic rings. The van der Waals surface area contributed by atoms with Gasteiger partial charge in [-0.15, -0.1) is 0 Å². The van der Waals surface area contributed by atoms with Crippen molar-refractivity contribution in [1.29, 1.82) is 0 Å². The van der Waals surface area contributed by atoms with E-state index >= 15 is 0 Å². The summed E-state index contributed by atoms with van der Waals surface area (Å²) in [6.45, 7) is 0. The molecule has 0 saturated carbocycles. The van der Waals surface area contributed by atoms with Crippen molar-refractivity contribution in [2.24, 2.45) is 0 Å². The summed E-state index contributed by atoms with van der Waals surface area (Å²) in [6.07, 6.45) is 3.23. The van der Waals surface area contributed by atoms with Gasteiger partial charge in [-0.25, -0.2) is 0 Å². The highest BCUT2D eigenvalue weighted by Gasteiger charge is 2.30. The average molecular weight is 225 g/mol. The predicted molar refractivity (Wildman–Crippen MR) is 66.8 cm³/mol. The maximum absolute atomic E-state index is 10.2. The van der Waals surface area contributed by atoms with Crippen molar-refractivity contribution in [1.82, 2.24) is 4.98 Å². The molecule has 0 spiro atoms. The molecule has 0 amide bonds. The number of rotatable bonds is 1. The highest BCUT2D eigenvalue weighted by atomic mass is 16.3. The van der Waals surface area contributed by atoms with Crippen LogP contribution in [0, 0.1) is 0 Å². The Morgan fingerprint density at radius 1 is 1.06 bits per heavy atom. The standard InChI is InChI=1S/C15H15NO/c17-13-9-8-12-7-4-10-16-15(12)14(13)11-5-2-1-3-6-11/h1-7,10,13-14,17H,8-9H2. The van der Waals surface area contributed by atoms with E-state index in [1.807, 2.05) is 30.5 Å². The lowest BCUT2D eigenvalue weighted by molar-refractivity contribution is 0.138. The lowest BCUT2D eigenvalue weighted by Crippen LogP contribution is -2.27. The van der Waals surface area contributed by atoms with Gasteiger partial charge in [0.2, 0.25) is 0 Å². The SMILES string of the molecule is OC1CCc2cccnc2C1c1ccccc1. The Labute approximate surface area is 101 Å². The molecule has 86 valence electrons. The molecule has 3 rings (SSSR count). The van der Waals surface area contributed by atoms with E-state index in [1.165, 1.54) is 5.56 Å². The van der Waals surface area contributed by atoms with Crippen LogP contribution in [0.2, 0.25) is 0 Å². The minimum absolute atomic E-state index is 0.0288. The number of benzene rings is 1. The van der Waals surface area contributed by atoms with E-state index in [0.717, 1.165) is 24.1 Å². The van der Waals surface area contributed by atoms with Gasteiger partial charge in [0, 0.05) is 6.20 Å². The number of aryl methyl sites for hydroxylation is 1. The number of aromatic nitrogens is 1. The molecule has 1 aromatic heterocycles. The first-order chi connectivity index (χ1) is 8.36. The van der Waals surface area contributed by atoms with Gasteiger partial charge in [-0.3, -0.25) is 4.98 Å². The number of hydrogen-bond acceptors (Lipinski definition) is 2. The van der Waals surface area contributed by atoms with Crippen LogP contribution in [0.25, 0.3) is 0 Å². The molecular formula is C15H15NO. The second-order valence-corrected chi connectivity index (χ2v) is 4.54. The molecule has 1 N–H and O–H groups in total. The quantitative estimate of drug-likeness (QED) is 0.809. The van der Waals surface area contributed by atoms with Crippen molar-refractivity contribution >= 4 is 0 Å². The van der Waals surface area contributed by atoms with Crippen LogP contribution in [-0.4, -0.2) is 16.2 Å². The second kappa shape index (κ2) is 4.30.